The van der Waals surface area contributed by atoms with Crippen LogP contribution in [-0.4, -0.2) is 13.2 Å². The molecule has 0 fully saturated rings. The van der Waals surface area contributed by atoms with E-state index in [0.29, 0.717) is 6.42 Å². The van der Waals surface area contributed by atoms with Crippen LogP contribution in [0.3, 0.4) is 0 Å². The molecule has 0 amide bonds. The second-order valence-corrected chi connectivity index (χ2v) is 4.13. The van der Waals surface area contributed by atoms with Crippen molar-refractivity contribution < 1.29 is 4.74 Å². The van der Waals surface area contributed by atoms with Gasteiger partial charge in [-0.15, -0.1) is 0 Å². The molecule has 0 aliphatic carbocycles. The van der Waals surface area contributed by atoms with Crippen LogP contribution >= 0.6 is 0 Å². The topological polar surface area (TPSA) is 45.0 Å². The molecule has 2 unspecified atom stereocenters. The minimum Gasteiger partial charge on any atom is -0.497 e. The van der Waals surface area contributed by atoms with Crippen molar-refractivity contribution in [3.8, 4) is 11.8 Å². The first-order valence-corrected chi connectivity index (χ1v) is 5.98. The maximum Gasteiger partial charge on any atom is 0.119 e. The van der Waals surface area contributed by atoms with Gasteiger partial charge in [0.15, 0.2) is 0 Å². The fraction of sp³-hybridized carbons (Fsp3) is 0.500. The Bertz CT molecular complexity index is 384. The summed E-state index contributed by atoms with van der Waals surface area (Å²) in [5.74, 6) is 0.865. The highest BCUT2D eigenvalue weighted by molar-refractivity contribution is 5.30. The maximum absolute atomic E-state index is 8.72. The number of nitriles is 1. The van der Waals surface area contributed by atoms with Gasteiger partial charge in [0.05, 0.1) is 19.6 Å². The highest BCUT2D eigenvalue weighted by Crippen LogP contribution is 2.19. The van der Waals surface area contributed by atoms with Crippen molar-refractivity contribution >= 4 is 0 Å². The lowest BCUT2D eigenvalue weighted by Gasteiger charge is -2.20. The van der Waals surface area contributed by atoms with Gasteiger partial charge < -0.3 is 10.1 Å². The van der Waals surface area contributed by atoms with E-state index < -0.39 is 0 Å². The lowest BCUT2D eigenvalue weighted by molar-refractivity contribution is 0.410. The van der Waals surface area contributed by atoms with Crippen LogP contribution < -0.4 is 10.1 Å². The third-order valence-electron chi connectivity index (χ3n) is 2.91. The Morgan fingerprint density at radius 1 is 1.47 bits per heavy atom. The van der Waals surface area contributed by atoms with Crippen molar-refractivity contribution in [1.29, 1.82) is 5.26 Å². The van der Waals surface area contributed by atoms with Crippen molar-refractivity contribution in [2.75, 3.05) is 7.11 Å². The number of nitrogens with zero attached hydrogens (tertiary/aromatic N) is 1. The summed E-state index contributed by atoms with van der Waals surface area (Å²) < 4.78 is 5.20. The molecule has 0 radical (unpaired) electrons. The number of ether oxygens (including phenoxy) is 1. The molecule has 1 N–H and O–H groups in total. The van der Waals surface area contributed by atoms with Gasteiger partial charge in [-0.2, -0.15) is 5.26 Å². The van der Waals surface area contributed by atoms with E-state index in [1.54, 1.807) is 7.11 Å². The molecule has 2 atom stereocenters. The van der Waals surface area contributed by atoms with Gasteiger partial charge in [0.25, 0.3) is 0 Å². The monoisotopic (exact) mass is 232 g/mol. The molecule has 1 rings (SSSR count). The van der Waals surface area contributed by atoms with Gasteiger partial charge >= 0.3 is 0 Å². The van der Waals surface area contributed by atoms with Gasteiger partial charge in [-0.05, 0) is 31.0 Å². The Balaban J connectivity index is 2.68. The molecule has 17 heavy (non-hydrogen) atoms. The van der Waals surface area contributed by atoms with Gasteiger partial charge in [0.1, 0.15) is 5.75 Å². The van der Waals surface area contributed by atoms with E-state index in [1.807, 2.05) is 18.2 Å². The zero-order valence-corrected chi connectivity index (χ0v) is 10.7. The van der Waals surface area contributed by atoms with E-state index in [4.69, 9.17) is 10.00 Å². The minimum absolute atomic E-state index is 0.225. The van der Waals surface area contributed by atoms with E-state index in [9.17, 15) is 0 Å². The summed E-state index contributed by atoms with van der Waals surface area (Å²) >= 11 is 0. The predicted octanol–water partition coefficient (Wildman–Crippen LogP) is 3.04. The lowest BCUT2D eigenvalue weighted by atomic mass is 10.1. The van der Waals surface area contributed by atoms with Crippen molar-refractivity contribution in [3.05, 3.63) is 29.8 Å². The number of methoxy groups -OCH3 is 1. The molecule has 1 aromatic carbocycles. The van der Waals surface area contributed by atoms with Crippen LogP contribution in [0.4, 0.5) is 0 Å². The minimum atomic E-state index is 0.225. The molecule has 0 spiro atoms. The van der Waals surface area contributed by atoms with Crippen LogP contribution in [0, 0.1) is 11.3 Å². The molecule has 0 saturated heterocycles. The van der Waals surface area contributed by atoms with E-state index in [1.165, 1.54) is 5.56 Å². The van der Waals surface area contributed by atoms with Gasteiger partial charge in [-0.3, -0.25) is 0 Å². The van der Waals surface area contributed by atoms with Gasteiger partial charge in [0, 0.05) is 12.1 Å². The van der Waals surface area contributed by atoms with Crippen LogP contribution in [0.1, 0.15) is 38.3 Å². The fourth-order valence-electron chi connectivity index (χ4n) is 1.79. The average Bonchev–Trinajstić information content (AvgIpc) is 2.38. The van der Waals surface area contributed by atoms with Crippen molar-refractivity contribution in [1.82, 2.24) is 5.32 Å². The first kappa shape index (κ1) is 13.5. The highest BCUT2D eigenvalue weighted by Gasteiger charge is 2.11. The van der Waals surface area contributed by atoms with Crippen LogP contribution in [0.2, 0.25) is 0 Å². The van der Waals surface area contributed by atoms with Crippen molar-refractivity contribution in [3.63, 3.8) is 0 Å². The van der Waals surface area contributed by atoms with Gasteiger partial charge in [-0.1, -0.05) is 19.1 Å². The Hall–Kier alpha value is -1.53. The molecular formula is C14H20N2O. The quantitative estimate of drug-likeness (QED) is 0.820. The molecule has 92 valence electrons. The lowest BCUT2D eigenvalue weighted by Crippen LogP contribution is -2.30. The summed E-state index contributed by atoms with van der Waals surface area (Å²) in [6.07, 6.45) is 1.51. The first-order chi connectivity index (χ1) is 8.21. The van der Waals surface area contributed by atoms with Crippen molar-refractivity contribution in [2.45, 2.75) is 38.8 Å². The number of hydrogen-bond donors (Lipinski definition) is 1. The SMILES string of the molecule is CCC(CC#N)NC(C)c1cccc(OC)c1. The molecular weight excluding hydrogens is 212 g/mol. The second kappa shape index (κ2) is 6.93. The summed E-state index contributed by atoms with van der Waals surface area (Å²) in [4.78, 5) is 0. The molecule has 0 aromatic heterocycles. The Morgan fingerprint density at radius 2 is 2.24 bits per heavy atom. The first-order valence-electron chi connectivity index (χ1n) is 5.98. The van der Waals surface area contributed by atoms with Crippen molar-refractivity contribution in [2.24, 2.45) is 0 Å². The highest BCUT2D eigenvalue weighted by atomic mass is 16.5. The van der Waals surface area contributed by atoms with Crippen LogP contribution in [0.15, 0.2) is 24.3 Å². The van der Waals surface area contributed by atoms with Crippen LogP contribution in [0.5, 0.6) is 5.75 Å². The Morgan fingerprint density at radius 3 is 2.82 bits per heavy atom. The number of hydrogen-bond acceptors (Lipinski definition) is 3. The molecule has 0 aliphatic heterocycles. The fourth-order valence-corrected chi connectivity index (χ4v) is 1.79. The van der Waals surface area contributed by atoms with E-state index in [-0.39, 0.29) is 12.1 Å². The number of benzene rings is 1. The zero-order valence-electron chi connectivity index (χ0n) is 10.7. The average molecular weight is 232 g/mol. The standard InChI is InChI=1S/C14H20N2O/c1-4-13(8-9-15)16-11(2)12-6-5-7-14(10-12)17-3/h5-7,10-11,13,16H,4,8H2,1-3H3. The summed E-state index contributed by atoms with van der Waals surface area (Å²) in [6.45, 7) is 4.20. The van der Waals surface area contributed by atoms with E-state index >= 15 is 0 Å². The summed E-state index contributed by atoms with van der Waals surface area (Å²) in [5, 5.41) is 12.2. The molecule has 0 saturated carbocycles. The van der Waals surface area contributed by atoms with Crippen LogP contribution in [0.25, 0.3) is 0 Å². The van der Waals surface area contributed by atoms with Crippen LogP contribution in [-0.2, 0) is 0 Å². The number of nitrogens with one attached hydrogen (secondary N) is 1. The second-order valence-electron chi connectivity index (χ2n) is 4.13. The zero-order chi connectivity index (χ0) is 12.7. The third-order valence-corrected chi connectivity index (χ3v) is 2.91. The van der Waals surface area contributed by atoms with E-state index in [2.05, 4.69) is 31.3 Å². The van der Waals surface area contributed by atoms with Gasteiger partial charge in [-0.25, -0.2) is 0 Å². The third kappa shape index (κ3) is 4.08. The Kier molecular flexibility index (Phi) is 5.51. The molecule has 0 heterocycles. The molecule has 3 heteroatoms. The smallest absolute Gasteiger partial charge is 0.119 e. The van der Waals surface area contributed by atoms with Gasteiger partial charge in [0.2, 0.25) is 0 Å². The maximum atomic E-state index is 8.72. The molecule has 0 aliphatic rings. The number of rotatable bonds is 6. The molecule has 0 bridgehead atoms. The Labute approximate surface area is 103 Å². The summed E-state index contributed by atoms with van der Waals surface area (Å²) in [5.41, 5.74) is 1.18. The predicted molar refractivity (Wildman–Crippen MR) is 68.9 cm³/mol. The summed E-state index contributed by atoms with van der Waals surface area (Å²) in [6, 6.07) is 10.7. The molecule has 3 nitrogen and oxygen atoms in total. The van der Waals surface area contributed by atoms with E-state index in [0.717, 1.165) is 12.2 Å². The largest absolute Gasteiger partial charge is 0.497 e. The molecule has 1 aromatic rings. The normalized spacial score (nSPS) is 13.8. The summed E-state index contributed by atoms with van der Waals surface area (Å²) in [7, 11) is 1.67.